The van der Waals surface area contributed by atoms with Crippen molar-refractivity contribution in [2.75, 3.05) is 6.26 Å². The fourth-order valence-corrected chi connectivity index (χ4v) is 4.98. The van der Waals surface area contributed by atoms with E-state index >= 15 is 0 Å². The number of carbonyl (C=O) groups is 1. The minimum absolute atomic E-state index is 0.273. The van der Waals surface area contributed by atoms with Crippen LogP contribution in [0.15, 0.2) is 89.8 Å². The molecule has 0 fully saturated rings. The molecule has 0 saturated heterocycles. The minimum atomic E-state index is -3.33. The maximum Gasteiger partial charge on any atom is 0.249 e. The molecule has 0 aliphatic heterocycles. The van der Waals surface area contributed by atoms with Gasteiger partial charge in [0.15, 0.2) is 9.84 Å². The highest BCUT2D eigenvalue weighted by Crippen LogP contribution is 2.34. The van der Waals surface area contributed by atoms with Crippen molar-refractivity contribution in [3.05, 3.63) is 102 Å². The van der Waals surface area contributed by atoms with E-state index in [0.717, 1.165) is 38.5 Å². The summed E-state index contributed by atoms with van der Waals surface area (Å²) in [4.78, 5) is 12.5. The molecule has 0 unspecified atom stereocenters. The lowest BCUT2D eigenvalue weighted by Crippen LogP contribution is -2.11. The first-order chi connectivity index (χ1) is 15.8. The van der Waals surface area contributed by atoms with Gasteiger partial charge in [-0.2, -0.15) is 0 Å². The summed E-state index contributed by atoms with van der Waals surface area (Å²) in [5.74, 6) is -0.501. The molecule has 1 aromatic heterocycles. The van der Waals surface area contributed by atoms with Crippen LogP contribution < -0.4 is 5.73 Å². The molecule has 1 amide bonds. The monoisotopic (exact) mass is 453 g/mol. The molecule has 5 rings (SSSR count). The molecule has 0 saturated carbocycles. The van der Waals surface area contributed by atoms with Crippen molar-refractivity contribution < 1.29 is 13.2 Å². The first-order valence-electron chi connectivity index (χ1n) is 10.4. The summed E-state index contributed by atoms with van der Waals surface area (Å²) in [6, 6.07) is 29.8. The Labute approximate surface area is 192 Å². The number of rotatable bonds is 5. The van der Waals surface area contributed by atoms with E-state index in [1.807, 2.05) is 54.6 Å². The summed E-state index contributed by atoms with van der Waals surface area (Å²) in [7, 11) is -3.33. The third-order valence-corrected chi connectivity index (χ3v) is 6.94. The Morgan fingerprint density at radius 2 is 1.67 bits per heavy atom. The van der Waals surface area contributed by atoms with E-state index in [1.54, 1.807) is 24.3 Å². The van der Waals surface area contributed by atoms with Crippen molar-refractivity contribution in [2.24, 2.45) is 5.73 Å². The average Bonchev–Trinajstić information content (AvgIpc) is 3.12. The number of fused-ring (bicyclic) bond motifs is 3. The zero-order valence-corrected chi connectivity index (χ0v) is 18.8. The molecule has 1 heterocycles. The van der Waals surface area contributed by atoms with Gasteiger partial charge in [0.05, 0.1) is 15.9 Å². The van der Waals surface area contributed by atoms with Crippen molar-refractivity contribution >= 4 is 37.6 Å². The minimum Gasteiger partial charge on any atom is -0.366 e. The molecule has 5 aromatic rings. The molecule has 1 radical (unpaired) electrons. The standard InChI is InChI=1S/C27H21N2O3S/c1-33(31,32)21-10-5-7-18(15-21)17-29-24-12-6-11-23(27(28)30)26(24)22-14-13-20(16-25(22)29)19-8-3-2-4-9-19/h2-13,15-16H,17H2,1H3,(H2,28,30). The number of nitrogens with two attached hydrogens (primary N) is 1. The van der Waals surface area contributed by atoms with Crippen LogP contribution in [0.1, 0.15) is 15.9 Å². The first-order valence-corrected chi connectivity index (χ1v) is 12.3. The highest BCUT2D eigenvalue weighted by molar-refractivity contribution is 7.90. The van der Waals surface area contributed by atoms with Gasteiger partial charge >= 0.3 is 0 Å². The van der Waals surface area contributed by atoms with Crippen molar-refractivity contribution in [3.8, 4) is 11.1 Å². The predicted octanol–water partition coefficient (Wildman–Crippen LogP) is 4.81. The molecule has 0 aliphatic rings. The number of benzene rings is 4. The fraction of sp³-hybridized carbons (Fsp3) is 0.0741. The van der Waals surface area contributed by atoms with E-state index < -0.39 is 15.7 Å². The fourth-order valence-electron chi connectivity index (χ4n) is 4.29. The summed E-state index contributed by atoms with van der Waals surface area (Å²) in [6.45, 7) is 0.428. The van der Waals surface area contributed by atoms with E-state index in [1.165, 1.54) is 6.26 Å². The summed E-state index contributed by atoms with van der Waals surface area (Å²) < 4.78 is 26.2. The molecular weight excluding hydrogens is 432 g/mol. The van der Waals surface area contributed by atoms with Crippen LogP contribution in [0, 0.1) is 6.07 Å². The van der Waals surface area contributed by atoms with Gasteiger partial charge in [0, 0.05) is 29.1 Å². The second-order valence-corrected chi connectivity index (χ2v) is 10.1. The van der Waals surface area contributed by atoms with Crippen molar-refractivity contribution in [1.29, 1.82) is 0 Å². The Hall–Kier alpha value is -3.90. The van der Waals surface area contributed by atoms with E-state index in [0.29, 0.717) is 12.1 Å². The van der Waals surface area contributed by atoms with Gasteiger partial charge in [0.2, 0.25) is 5.91 Å². The SMILES string of the molecule is CS(=O)(=O)c1cccc(Cn2c3cc(-c4ccccc4)c[c]c3c3c(C(N)=O)cccc32)c1. The quantitative estimate of drug-likeness (QED) is 0.414. The maximum atomic E-state index is 12.2. The van der Waals surface area contributed by atoms with Crippen LogP contribution in [0.2, 0.25) is 0 Å². The number of hydrogen-bond acceptors (Lipinski definition) is 3. The number of carbonyl (C=O) groups excluding carboxylic acids is 1. The van der Waals surface area contributed by atoms with Gasteiger partial charge < -0.3 is 10.3 Å². The van der Waals surface area contributed by atoms with E-state index in [9.17, 15) is 13.2 Å². The molecule has 5 nitrogen and oxygen atoms in total. The molecule has 0 aliphatic carbocycles. The van der Waals surface area contributed by atoms with Crippen molar-refractivity contribution in [3.63, 3.8) is 0 Å². The van der Waals surface area contributed by atoms with Gasteiger partial charge in [0.1, 0.15) is 0 Å². The lowest BCUT2D eigenvalue weighted by atomic mass is 10.0. The van der Waals surface area contributed by atoms with Gasteiger partial charge in [0.25, 0.3) is 0 Å². The topological polar surface area (TPSA) is 82.2 Å². The Morgan fingerprint density at radius 1 is 0.909 bits per heavy atom. The Kier molecular flexibility index (Phi) is 5.02. The zero-order valence-electron chi connectivity index (χ0n) is 17.9. The van der Waals surface area contributed by atoms with Gasteiger partial charge in [-0.1, -0.05) is 48.5 Å². The number of hydrogen-bond donors (Lipinski definition) is 1. The number of primary amides is 1. The van der Waals surface area contributed by atoms with E-state index in [2.05, 4.69) is 16.7 Å². The normalized spacial score (nSPS) is 11.8. The van der Waals surface area contributed by atoms with E-state index in [-0.39, 0.29) is 4.90 Å². The lowest BCUT2D eigenvalue weighted by molar-refractivity contribution is 0.100. The third kappa shape index (κ3) is 3.79. The second kappa shape index (κ2) is 7.90. The highest BCUT2D eigenvalue weighted by Gasteiger charge is 2.18. The number of nitrogens with zero attached hydrogens (tertiary/aromatic N) is 1. The largest absolute Gasteiger partial charge is 0.366 e. The third-order valence-electron chi connectivity index (χ3n) is 5.83. The van der Waals surface area contributed by atoms with Gasteiger partial charge in [-0.25, -0.2) is 8.42 Å². The molecule has 6 heteroatoms. The highest BCUT2D eigenvalue weighted by atomic mass is 32.2. The molecule has 163 valence electrons. The number of aromatic nitrogens is 1. The Balaban J connectivity index is 1.78. The Bertz CT molecular complexity index is 1630. The van der Waals surface area contributed by atoms with Crippen molar-refractivity contribution in [2.45, 2.75) is 11.4 Å². The lowest BCUT2D eigenvalue weighted by Gasteiger charge is -2.10. The average molecular weight is 454 g/mol. The number of sulfone groups is 1. The molecule has 4 aromatic carbocycles. The molecular formula is C27H21N2O3S. The maximum absolute atomic E-state index is 12.2. The van der Waals surface area contributed by atoms with Gasteiger partial charge in [-0.3, -0.25) is 4.79 Å². The molecule has 2 N–H and O–H groups in total. The van der Waals surface area contributed by atoms with E-state index in [4.69, 9.17) is 5.73 Å². The number of amides is 1. The smallest absolute Gasteiger partial charge is 0.249 e. The van der Waals surface area contributed by atoms with Crippen LogP contribution in [-0.2, 0) is 16.4 Å². The second-order valence-electron chi connectivity index (χ2n) is 8.08. The summed E-state index contributed by atoms with van der Waals surface area (Å²) in [5.41, 5.74) is 10.8. The molecule has 0 atom stereocenters. The first kappa shape index (κ1) is 21.0. The van der Waals surface area contributed by atoms with Crippen LogP contribution in [0.4, 0.5) is 0 Å². The van der Waals surface area contributed by atoms with Crippen LogP contribution in [0.5, 0.6) is 0 Å². The summed E-state index contributed by atoms with van der Waals surface area (Å²) >= 11 is 0. The van der Waals surface area contributed by atoms with Crippen LogP contribution in [0.3, 0.4) is 0 Å². The molecule has 0 bridgehead atoms. The van der Waals surface area contributed by atoms with Crippen LogP contribution in [0.25, 0.3) is 32.9 Å². The van der Waals surface area contributed by atoms with Gasteiger partial charge in [-0.15, -0.1) is 0 Å². The molecule has 0 spiro atoms. The zero-order chi connectivity index (χ0) is 23.2. The van der Waals surface area contributed by atoms with Gasteiger partial charge in [-0.05, 0) is 59.2 Å². The Morgan fingerprint density at radius 3 is 2.39 bits per heavy atom. The molecule has 33 heavy (non-hydrogen) atoms. The predicted molar refractivity (Wildman–Crippen MR) is 131 cm³/mol. The van der Waals surface area contributed by atoms with Crippen LogP contribution in [-0.4, -0.2) is 25.1 Å². The summed E-state index contributed by atoms with van der Waals surface area (Å²) in [5, 5.41) is 1.55. The van der Waals surface area contributed by atoms with Crippen LogP contribution >= 0.6 is 0 Å². The van der Waals surface area contributed by atoms with Crippen molar-refractivity contribution in [1.82, 2.24) is 4.57 Å². The summed E-state index contributed by atoms with van der Waals surface area (Å²) in [6.07, 6.45) is 1.20.